The van der Waals surface area contributed by atoms with E-state index in [1.165, 1.54) is 5.56 Å². The van der Waals surface area contributed by atoms with Gasteiger partial charge in [-0.15, -0.1) is 0 Å². The van der Waals surface area contributed by atoms with E-state index in [0.29, 0.717) is 32.6 Å². The van der Waals surface area contributed by atoms with Crippen molar-refractivity contribution in [2.45, 2.75) is 32.7 Å². The van der Waals surface area contributed by atoms with Gasteiger partial charge in [0.25, 0.3) is 0 Å². The smallest absolute Gasteiger partial charge is 0.242 e. The molecule has 120 valence electrons. The van der Waals surface area contributed by atoms with Crippen molar-refractivity contribution in [2.24, 2.45) is 0 Å². The van der Waals surface area contributed by atoms with E-state index in [1.807, 2.05) is 38.1 Å². The minimum atomic E-state index is -0.0881. The second-order valence-corrected chi connectivity index (χ2v) is 5.77. The zero-order valence-electron chi connectivity index (χ0n) is 13.3. The molecule has 1 heterocycles. The van der Waals surface area contributed by atoms with Gasteiger partial charge in [-0.2, -0.15) is 0 Å². The number of benzene rings is 1. The van der Waals surface area contributed by atoms with Crippen LogP contribution >= 0.6 is 0 Å². The fraction of sp³-hybridized carbons (Fsp3) is 0.529. The summed E-state index contributed by atoms with van der Waals surface area (Å²) in [6.07, 6.45) is 1.09. The van der Waals surface area contributed by atoms with E-state index in [1.54, 1.807) is 4.90 Å². The third kappa shape index (κ3) is 4.84. The number of ether oxygens (including phenoxy) is 1. The Morgan fingerprint density at radius 3 is 2.73 bits per heavy atom. The average Bonchev–Trinajstić information content (AvgIpc) is 2.52. The van der Waals surface area contributed by atoms with Crippen LogP contribution in [0.25, 0.3) is 0 Å². The third-order valence-corrected chi connectivity index (χ3v) is 3.89. The van der Waals surface area contributed by atoms with Crippen LogP contribution in [0.3, 0.4) is 0 Å². The van der Waals surface area contributed by atoms with Crippen LogP contribution in [0.5, 0.6) is 0 Å². The molecule has 0 aromatic heterocycles. The van der Waals surface area contributed by atoms with Crippen molar-refractivity contribution < 1.29 is 14.3 Å². The quantitative estimate of drug-likeness (QED) is 0.892. The Kier molecular flexibility index (Phi) is 5.95. The number of hydrogen-bond donors (Lipinski definition) is 1. The van der Waals surface area contributed by atoms with Crippen LogP contribution in [0.15, 0.2) is 24.3 Å². The first kappa shape index (κ1) is 16.5. The van der Waals surface area contributed by atoms with Crippen LogP contribution in [0.1, 0.15) is 24.5 Å². The Bertz CT molecular complexity index is 513. The molecule has 1 aromatic rings. The second-order valence-electron chi connectivity index (χ2n) is 5.77. The molecule has 0 unspecified atom stereocenters. The zero-order valence-corrected chi connectivity index (χ0v) is 13.3. The number of nitrogens with zero attached hydrogens (tertiary/aromatic N) is 1. The van der Waals surface area contributed by atoms with Crippen molar-refractivity contribution >= 4 is 11.8 Å². The first-order chi connectivity index (χ1) is 10.6. The molecule has 1 aliphatic heterocycles. The van der Waals surface area contributed by atoms with Crippen molar-refractivity contribution in [3.63, 3.8) is 0 Å². The molecule has 0 radical (unpaired) electrons. The highest BCUT2D eigenvalue weighted by atomic mass is 16.5. The van der Waals surface area contributed by atoms with Crippen LogP contribution < -0.4 is 5.32 Å². The standard InChI is InChI=1S/C17H24N2O3/c1-13-3-5-15(6-4-13)7-8-16(20)18-11-17(21)19-9-10-22-12-14(19)2/h3-6,14H,7-12H2,1-2H3,(H,18,20)/t14-/m0/s1. The summed E-state index contributed by atoms with van der Waals surface area (Å²) in [4.78, 5) is 25.7. The Hall–Kier alpha value is -1.88. The van der Waals surface area contributed by atoms with Crippen LogP contribution in [0.4, 0.5) is 0 Å². The molecular formula is C17H24N2O3. The SMILES string of the molecule is Cc1ccc(CCC(=O)NCC(=O)N2CCOC[C@@H]2C)cc1. The summed E-state index contributed by atoms with van der Waals surface area (Å²) in [5, 5.41) is 2.71. The van der Waals surface area contributed by atoms with Gasteiger partial charge in [0.1, 0.15) is 0 Å². The largest absolute Gasteiger partial charge is 0.377 e. The fourth-order valence-electron chi connectivity index (χ4n) is 2.47. The topological polar surface area (TPSA) is 58.6 Å². The molecule has 1 aromatic carbocycles. The van der Waals surface area contributed by atoms with Gasteiger partial charge in [0.2, 0.25) is 11.8 Å². The number of hydrogen-bond acceptors (Lipinski definition) is 3. The molecule has 1 saturated heterocycles. The maximum atomic E-state index is 12.1. The van der Waals surface area contributed by atoms with Gasteiger partial charge < -0.3 is 15.0 Å². The predicted molar refractivity (Wildman–Crippen MR) is 84.5 cm³/mol. The molecule has 1 fully saturated rings. The maximum absolute atomic E-state index is 12.1. The maximum Gasteiger partial charge on any atom is 0.242 e. The molecular weight excluding hydrogens is 280 g/mol. The molecule has 1 N–H and O–H groups in total. The molecule has 0 saturated carbocycles. The Morgan fingerprint density at radius 2 is 2.05 bits per heavy atom. The van der Waals surface area contributed by atoms with E-state index >= 15 is 0 Å². The lowest BCUT2D eigenvalue weighted by Crippen LogP contribution is -2.50. The minimum Gasteiger partial charge on any atom is -0.377 e. The lowest BCUT2D eigenvalue weighted by molar-refractivity contribution is -0.139. The van der Waals surface area contributed by atoms with Gasteiger partial charge in [-0.3, -0.25) is 9.59 Å². The van der Waals surface area contributed by atoms with E-state index in [-0.39, 0.29) is 24.4 Å². The van der Waals surface area contributed by atoms with Gasteiger partial charge in [0.05, 0.1) is 25.8 Å². The van der Waals surface area contributed by atoms with Gasteiger partial charge in [-0.05, 0) is 25.8 Å². The Morgan fingerprint density at radius 1 is 1.32 bits per heavy atom. The molecule has 2 rings (SSSR count). The summed E-state index contributed by atoms with van der Waals surface area (Å²) in [6, 6.07) is 8.21. The number of carbonyl (C=O) groups is 2. The number of carbonyl (C=O) groups excluding carboxylic acids is 2. The Labute approximate surface area is 131 Å². The fourth-order valence-corrected chi connectivity index (χ4v) is 2.47. The highest BCUT2D eigenvalue weighted by Crippen LogP contribution is 2.07. The summed E-state index contributed by atoms with van der Waals surface area (Å²) in [6.45, 7) is 5.78. The van der Waals surface area contributed by atoms with Crippen molar-refractivity contribution in [3.8, 4) is 0 Å². The molecule has 5 nitrogen and oxygen atoms in total. The van der Waals surface area contributed by atoms with Crippen molar-refractivity contribution in [1.82, 2.24) is 10.2 Å². The van der Waals surface area contributed by atoms with Gasteiger partial charge in [0.15, 0.2) is 0 Å². The summed E-state index contributed by atoms with van der Waals surface area (Å²) < 4.78 is 5.30. The van der Waals surface area contributed by atoms with E-state index in [2.05, 4.69) is 5.32 Å². The number of amides is 2. The summed E-state index contributed by atoms with van der Waals surface area (Å²) in [5.74, 6) is -0.130. The number of nitrogens with one attached hydrogen (secondary N) is 1. The molecule has 0 spiro atoms. The molecule has 0 aliphatic carbocycles. The van der Waals surface area contributed by atoms with Crippen molar-refractivity contribution in [1.29, 1.82) is 0 Å². The van der Waals surface area contributed by atoms with Crippen LogP contribution in [0.2, 0.25) is 0 Å². The van der Waals surface area contributed by atoms with E-state index in [0.717, 1.165) is 5.56 Å². The van der Waals surface area contributed by atoms with Gasteiger partial charge >= 0.3 is 0 Å². The minimum absolute atomic E-state index is 0.0421. The van der Waals surface area contributed by atoms with Gasteiger partial charge in [-0.25, -0.2) is 0 Å². The molecule has 0 bridgehead atoms. The lowest BCUT2D eigenvalue weighted by atomic mass is 10.1. The summed E-state index contributed by atoms with van der Waals surface area (Å²) >= 11 is 0. The van der Waals surface area contributed by atoms with E-state index in [9.17, 15) is 9.59 Å². The van der Waals surface area contributed by atoms with Crippen LogP contribution in [-0.2, 0) is 20.7 Å². The van der Waals surface area contributed by atoms with E-state index in [4.69, 9.17) is 4.74 Å². The number of rotatable bonds is 5. The van der Waals surface area contributed by atoms with Gasteiger partial charge in [-0.1, -0.05) is 29.8 Å². The monoisotopic (exact) mass is 304 g/mol. The van der Waals surface area contributed by atoms with Crippen molar-refractivity contribution in [3.05, 3.63) is 35.4 Å². The van der Waals surface area contributed by atoms with E-state index < -0.39 is 0 Å². The lowest BCUT2D eigenvalue weighted by Gasteiger charge is -2.33. The average molecular weight is 304 g/mol. The number of aryl methyl sites for hydroxylation is 2. The van der Waals surface area contributed by atoms with Crippen LogP contribution in [0, 0.1) is 6.92 Å². The number of morpholine rings is 1. The third-order valence-electron chi connectivity index (χ3n) is 3.89. The zero-order chi connectivity index (χ0) is 15.9. The molecule has 5 heteroatoms. The normalized spacial score (nSPS) is 18.1. The second kappa shape index (κ2) is 7.94. The molecule has 1 atom stereocenters. The first-order valence-corrected chi connectivity index (χ1v) is 7.75. The first-order valence-electron chi connectivity index (χ1n) is 7.75. The van der Waals surface area contributed by atoms with Crippen LogP contribution in [-0.4, -0.2) is 49.1 Å². The summed E-state index contributed by atoms with van der Waals surface area (Å²) in [7, 11) is 0. The molecule has 22 heavy (non-hydrogen) atoms. The highest BCUT2D eigenvalue weighted by molar-refractivity contribution is 5.85. The molecule has 2 amide bonds. The van der Waals surface area contributed by atoms with Gasteiger partial charge in [0, 0.05) is 13.0 Å². The summed E-state index contributed by atoms with van der Waals surface area (Å²) in [5.41, 5.74) is 2.34. The molecule has 1 aliphatic rings. The Balaban J connectivity index is 1.70. The predicted octanol–water partition coefficient (Wildman–Crippen LogP) is 1.29. The van der Waals surface area contributed by atoms with Crippen molar-refractivity contribution in [2.75, 3.05) is 26.3 Å². The highest BCUT2D eigenvalue weighted by Gasteiger charge is 2.23.